The van der Waals surface area contributed by atoms with Gasteiger partial charge in [-0.2, -0.15) is 0 Å². The molecule has 0 aliphatic rings. The molecule has 0 saturated carbocycles. The van der Waals surface area contributed by atoms with Gasteiger partial charge in [0.25, 0.3) is 0 Å². The maximum absolute atomic E-state index is 12.6. The van der Waals surface area contributed by atoms with Crippen LogP contribution < -0.4 is 10.6 Å². The number of anilines is 2. The number of carbonyl (C=O) groups excluding carboxylic acids is 2. The fourth-order valence-electron chi connectivity index (χ4n) is 2.76. The monoisotopic (exact) mass is 517 g/mol. The smallest absolute Gasteiger partial charge is 0.239 e. The van der Waals surface area contributed by atoms with Crippen molar-refractivity contribution < 1.29 is 9.59 Å². The van der Waals surface area contributed by atoms with Gasteiger partial charge >= 0.3 is 0 Å². The Kier molecular flexibility index (Phi) is 8.69. The molecule has 5 nitrogen and oxygen atoms in total. The first-order valence-corrected chi connectivity index (χ1v) is 12.6. The van der Waals surface area contributed by atoms with E-state index >= 15 is 0 Å². The van der Waals surface area contributed by atoms with Crippen LogP contribution in [0.25, 0.3) is 11.3 Å². The highest BCUT2D eigenvalue weighted by molar-refractivity contribution is 9.10. The van der Waals surface area contributed by atoms with Gasteiger partial charge in [0.15, 0.2) is 5.13 Å². The van der Waals surface area contributed by atoms with Crippen molar-refractivity contribution in [3.63, 3.8) is 0 Å². The number of carbonyl (C=O) groups is 2. The Labute approximate surface area is 199 Å². The molecule has 0 bridgehead atoms. The van der Waals surface area contributed by atoms with E-state index in [1.54, 1.807) is 0 Å². The van der Waals surface area contributed by atoms with Crippen LogP contribution in [0.3, 0.4) is 0 Å². The second-order valence-corrected chi connectivity index (χ2v) is 10.2. The number of nitrogens with zero attached hydrogens (tertiary/aromatic N) is 1. The van der Waals surface area contributed by atoms with E-state index in [0.29, 0.717) is 11.6 Å². The van der Waals surface area contributed by atoms with Gasteiger partial charge in [0.05, 0.1) is 10.9 Å². The predicted octanol–water partition coefficient (Wildman–Crippen LogP) is 6.82. The van der Waals surface area contributed by atoms with Gasteiger partial charge in [-0.1, -0.05) is 47.5 Å². The van der Waals surface area contributed by atoms with E-state index in [-0.39, 0.29) is 17.1 Å². The van der Waals surface area contributed by atoms with Gasteiger partial charge in [-0.25, -0.2) is 4.98 Å². The summed E-state index contributed by atoms with van der Waals surface area (Å²) in [5, 5.41) is 8.01. The molecule has 1 atom stereocenters. The summed E-state index contributed by atoms with van der Waals surface area (Å²) in [7, 11) is 0. The van der Waals surface area contributed by atoms with Crippen LogP contribution in [0.1, 0.15) is 33.1 Å². The van der Waals surface area contributed by atoms with Crippen molar-refractivity contribution in [2.45, 2.75) is 43.3 Å². The summed E-state index contributed by atoms with van der Waals surface area (Å²) in [5.41, 5.74) is 2.58. The summed E-state index contributed by atoms with van der Waals surface area (Å²) in [6.45, 7) is 3.92. The average Bonchev–Trinajstić information content (AvgIpc) is 3.21. The lowest BCUT2D eigenvalue weighted by Gasteiger charge is -2.12. The molecule has 0 aliphatic heterocycles. The lowest BCUT2D eigenvalue weighted by molar-refractivity contribution is -0.116. The van der Waals surface area contributed by atoms with Gasteiger partial charge in [-0.3, -0.25) is 9.59 Å². The van der Waals surface area contributed by atoms with Crippen LogP contribution in [0.5, 0.6) is 0 Å². The number of hydrogen-bond donors (Lipinski definition) is 2. The molecule has 0 radical (unpaired) electrons. The zero-order valence-electron chi connectivity index (χ0n) is 17.4. The predicted molar refractivity (Wildman–Crippen MR) is 134 cm³/mol. The first kappa shape index (κ1) is 23.5. The topological polar surface area (TPSA) is 71.1 Å². The van der Waals surface area contributed by atoms with E-state index in [4.69, 9.17) is 0 Å². The van der Waals surface area contributed by atoms with Gasteiger partial charge < -0.3 is 10.6 Å². The largest absolute Gasteiger partial charge is 0.326 e. The van der Waals surface area contributed by atoms with E-state index in [1.165, 1.54) is 23.1 Å². The molecule has 2 amide bonds. The van der Waals surface area contributed by atoms with Crippen molar-refractivity contribution in [3.8, 4) is 11.3 Å². The van der Waals surface area contributed by atoms with Gasteiger partial charge in [-0.05, 0) is 43.7 Å². The fraction of sp³-hybridized carbons (Fsp3) is 0.261. The van der Waals surface area contributed by atoms with Gasteiger partial charge in [0, 0.05) is 32.4 Å². The van der Waals surface area contributed by atoms with Gasteiger partial charge in [0.2, 0.25) is 11.8 Å². The third kappa shape index (κ3) is 7.19. The van der Waals surface area contributed by atoms with E-state index in [0.717, 1.165) is 39.2 Å². The highest BCUT2D eigenvalue weighted by atomic mass is 79.9. The standard InChI is InChI=1S/C23H24BrN3O2S2/c1-3-4-8-21(28)25-18-6-5-7-19(13-18)31-15(2)22(29)27-23-26-20(14-30-23)16-9-11-17(24)12-10-16/h5-7,9-15H,3-4,8H2,1-2H3,(H,25,28)(H,26,27,29). The molecule has 1 aromatic heterocycles. The number of hydrogen-bond acceptors (Lipinski definition) is 5. The second-order valence-electron chi connectivity index (χ2n) is 6.97. The minimum absolute atomic E-state index is 0.0140. The summed E-state index contributed by atoms with van der Waals surface area (Å²) in [5.74, 6) is -0.0979. The molecule has 3 aromatic rings. The Morgan fingerprint density at radius 2 is 1.94 bits per heavy atom. The van der Waals surface area contributed by atoms with Crippen LogP contribution in [0, 0.1) is 0 Å². The maximum atomic E-state index is 12.6. The van der Waals surface area contributed by atoms with Crippen LogP contribution in [-0.2, 0) is 9.59 Å². The van der Waals surface area contributed by atoms with Crippen molar-refractivity contribution >= 4 is 61.7 Å². The summed E-state index contributed by atoms with van der Waals surface area (Å²) < 4.78 is 1.01. The van der Waals surface area contributed by atoms with E-state index < -0.39 is 0 Å². The Bertz CT molecular complexity index is 1040. The van der Waals surface area contributed by atoms with Crippen molar-refractivity contribution in [2.24, 2.45) is 0 Å². The molecule has 162 valence electrons. The summed E-state index contributed by atoms with van der Waals surface area (Å²) in [4.78, 5) is 30.0. The zero-order chi connectivity index (χ0) is 22.2. The lowest BCUT2D eigenvalue weighted by atomic mass is 10.2. The van der Waals surface area contributed by atoms with E-state index in [9.17, 15) is 9.59 Å². The van der Waals surface area contributed by atoms with Crippen molar-refractivity contribution in [1.29, 1.82) is 0 Å². The first-order chi connectivity index (χ1) is 14.9. The minimum Gasteiger partial charge on any atom is -0.326 e. The average molecular weight is 519 g/mol. The number of thioether (sulfide) groups is 1. The molecular formula is C23H24BrN3O2S2. The SMILES string of the molecule is CCCCC(=O)Nc1cccc(SC(C)C(=O)Nc2nc(-c3ccc(Br)cc3)cs2)c1. The zero-order valence-corrected chi connectivity index (χ0v) is 20.6. The molecule has 1 unspecified atom stereocenters. The first-order valence-electron chi connectivity index (χ1n) is 10.0. The Morgan fingerprint density at radius 1 is 1.16 bits per heavy atom. The Morgan fingerprint density at radius 3 is 2.68 bits per heavy atom. The molecule has 0 saturated heterocycles. The summed E-state index contributed by atoms with van der Waals surface area (Å²) >= 11 is 6.27. The molecule has 1 heterocycles. The third-order valence-electron chi connectivity index (χ3n) is 4.43. The highest BCUT2D eigenvalue weighted by Gasteiger charge is 2.17. The number of halogens is 1. The fourth-order valence-corrected chi connectivity index (χ4v) is 4.67. The molecule has 31 heavy (non-hydrogen) atoms. The van der Waals surface area contributed by atoms with Crippen molar-refractivity contribution in [3.05, 3.63) is 58.4 Å². The van der Waals surface area contributed by atoms with Gasteiger partial charge in [0.1, 0.15) is 0 Å². The number of benzene rings is 2. The van der Waals surface area contributed by atoms with Crippen molar-refractivity contribution in [2.75, 3.05) is 10.6 Å². The lowest BCUT2D eigenvalue weighted by Crippen LogP contribution is -2.22. The molecule has 0 aliphatic carbocycles. The summed E-state index contributed by atoms with van der Waals surface area (Å²) in [6, 6.07) is 15.5. The number of unbranched alkanes of at least 4 members (excludes halogenated alkanes) is 1. The number of nitrogens with one attached hydrogen (secondary N) is 2. The van der Waals surface area contributed by atoms with Crippen molar-refractivity contribution in [1.82, 2.24) is 4.98 Å². The van der Waals surface area contributed by atoms with Gasteiger partial charge in [-0.15, -0.1) is 23.1 Å². The van der Waals surface area contributed by atoms with Crippen LogP contribution in [0.2, 0.25) is 0 Å². The molecule has 2 aromatic carbocycles. The number of thiazole rings is 1. The molecule has 0 spiro atoms. The Hall–Kier alpha value is -2.16. The number of rotatable bonds is 9. The van der Waals surface area contributed by atoms with E-state index in [1.807, 2.05) is 60.8 Å². The van der Waals surface area contributed by atoms with Crippen LogP contribution in [-0.4, -0.2) is 22.0 Å². The van der Waals surface area contributed by atoms with Crippen LogP contribution >= 0.6 is 39.0 Å². The number of amides is 2. The molecule has 0 fully saturated rings. The quantitative estimate of drug-likeness (QED) is 0.305. The molecule has 3 rings (SSSR count). The second kappa shape index (κ2) is 11.5. The van der Waals surface area contributed by atoms with E-state index in [2.05, 4.69) is 38.5 Å². The maximum Gasteiger partial charge on any atom is 0.239 e. The molecule has 8 heteroatoms. The molecular weight excluding hydrogens is 494 g/mol. The normalized spacial score (nSPS) is 11.7. The van der Waals surface area contributed by atoms with Crippen LogP contribution in [0.15, 0.2) is 63.3 Å². The third-order valence-corrected chi connectivity index (χ3v) is 6.81. The minimum atomic E-state index is -0.314. The molecule has 2 N–H and O–H groups in total. The van der Waals surface area contributed by atoms with Crippen LogP contribution in [0.4, 0.5) is 10.8 Å². The highest BCUT2D eigenvalue weighted by Crippen LogP contribution is 2.29. The summed E-state index contributed by atoms with van der Waals surface area (Å²) in [6.07, 6.45) is 2.38. The Balaban J connectivity index is 1.57. The number of aromatic nitrogens is 1.